The van der Waals surface area contributed by atoms with Crippen LogP contribution in [0.3, 0.4) is 0 Å². The zero-order chi connectivity index (χ0) is 17.3. The first-order valence-electron chi connectivity index (χ1n) is 10.1. The van der Waals surface area contributed by atoms with Crippen LogP contribution in [0.5, 0.6) is 0 Å². The highest BCUT2D eigenvalue weighted by atomic mass is 16.3. The van der Waals surface area contributed by atoms with Crippen molar-refractivity contribution in [2.75, 3.05) is 0 Å². The van der Waals surface area contributed by atoms with Gasteiger partial charge in [-0.3, -0.25) is 4.79 Å². The molecule has 3 unspecified atom stereocenters. The van der Waals surface area contributed by atoms with Crippen LogP contribution in [-0.2, 0) is 4.79 Å². The number of carbonyl (C=O) groups is 1. The zero-order valence-electron chi connectivity index (χ0n) is 15.6. The summed E-state index contributed by atoms with van der Waals surface area (Å²) in [4.78, 5) is 12.2. The van der Waals surface area contributed by atoms with E-state index in [0.29, 0.717) is 29.6 Å². The molecule has 3 nitrogen and oxygen atoms in total. The first-order chi connectivity index (χ1) is 11.2. The third-order valence-corrected chi connectivity index (χ3v) is 9.37. The molecule has 4 saturated carbocycles. The third kappa shape index (κ3) is 2.00. The van der Waals surface area contributed by atoms with E-state index in [1.807, 2.05) is 0 Å². The molecule has 0 heterocycles. The summed E-state index contributed by atoms with van der Waals surface area (Å²) < 4.78 is 0. The number of rotatable bonds is 1. The van der Waals surface area contributed by atoms with E-state index in [1.54, 1.807) is 6.92 Å². The number of aliphatic hydroxyl groups excluding tert-OH is 1. The molecule has 2 N–H and O–H groups in total. The van der Waals surface area contributed by atoms with Crippen molar-refractivity contribution in [2.24, 2.45) is 34.5 Å². The molecule has 0 spiro atoms. The Morgan fingerprint density at radius 3 is 2.38 bits per heavy atom. The Labute approximate surface area is 146 Å². The predicted octanol–water partition coefficient (Wildman–Crippen LogP) is 3.71. The minimum absolute atomic E-state index is 0.0216. The second kappa shape index (κ2) is 5.30. The SMILES string of the molecule is CC(=O)C1(O)CC[C@H]2[C@@H]3CCC4CC(O)CC[C@]4(C)[C@H]3CC[C@@]21C. The second-order valence-electron chi connectivity index (χ2n) is 10.00. The number of ketones is 1. The fraction of sp³-hybridized carbons (Fsp3) is 0.952. The van der Waals surface area contributed by atoms with Crippen molar-refractivity contribution >= 4 is 5.78 Å². The molecule has 0 aromatic carbocycles. The van der Waals surface area contributed by atoms with Crippen LogP contribution in [0.1, 0.15) is 78.6 Å². The van der Waals surface area contributed by atoms with E-state index in [-0.39, 0.29) is 17.3 Å². The van der Waals surface area contributed by atoms with Gasteiger partial charge in [0.2, 0.25) is 0 Å². The number of Topliss-reactive ketones (excluding diaryl/α,β-unsaturated/α-hetero) is 1. The Balaban J connectivity index is 1.65. The van der Waals surface area contributed by atoms with Gasteiger partial charge in [0, 0.05) is 5.41 Å². The molecular weight excluding hydrogens is 300 g/mol. The Morgan fingerprint density at radius 1 is 0.958 bits per heavy atom. The molecule has 0 saturated heterocycles. The van der Waals surface area contributed by atoms with Crippen molar-refractivity contribution in [3.05, 3.63) is 0 Å². The van der Waals surface area contributed by atoms with Crippen molar-refractivity contribution in [1.82, 2.24) is 0 Å². The molecule has 136 valence electrons. The van der Waals surface area contributed by atoms with Gasteiger partial charge >= 0.3 is 0 Å². The lowest BCUT2D eigenvalue weighted by Crippen LogP contribution is -2.58. The van der Waals surface area contributed by atoms with Crippen LogP contribution in [0.2, 0.25) is 0 Å². The predicted molar refractivity (Wildman–Crippen MR) is 93.4 cm³/mol. The summed E-state index contributed by atoms with van der Waals surface area (Å²) in [5.41, 5.74) is -0.957. The van der Waals surface area contributed by atoms with Gasteiger partial charge in [0.15, 0.2) is 5.78 Å². The van der Waals surface area contributed by atoms with Gasteiger partial charge in [-0.2, -0.15) is 0 Å². The molecule has 8 atom stereocenters. The number of fused-ring (bicyclic) bond motifs is 5. The molecule has 3 heteroatoms. The van der Waals surface area contributed by atoms with E-state index in [0.717, 1.165) is 44.4 Å². The monoisotopic (exact) mass is 334 g/mol. The van der Waals surface area contributed by atoms with E-state index in [1.165, 1.54) is 12.8 Å². The lowest BCUT2D eigenvalue weighted by atomic mass is 9.44. The number of aliphatic hydroxyl groups is 2. The first kappa shape index (κ1) is 17.0. The molecular formula is C21H34O3. The topological polar surface area (TPSA) is 57.5 Å². The smallest absolute Gasteiger partial charge is 0.161 e. The summed E-state index contributed by atoms with van der Waals surface area (Å²) in [5, 5.41) is 21.3. The maximum absolute atomic E-state index is 12.2. The Bertz CT molecular complexity index is 545. The zero-order valence-corrected chi connectivity index (χ0v) is 15.6. The molecule has 4 aliphatic carbocycles. The normalized spacial score (nSPS) is 57.0. The van der Waals surface area contributed by atoms with Gasteiger partial charge in [0.25, 0.3) is 0 Å². The summed E-state index contributed by atoms with van der Waals surface area (Å²) in [6.07, 6.45) is 9.25. The van der Waals surface area contributed by atoms with Crippen molar-refractivity contribution in [2.45, 2.75) is 90.3 Å². The van der Waals surface area contributed by atoms with Crippen molar-refractivity contribution in [1.29, 1.82) is 0 Å². The molecule has 0 amide bonds. The molecule has 4 aliphatic rings. The van der Waals surface area contributed by atoms with E-state index >= 15 is 0 Å². The van der Waals surface area contributed by atoms with Crippen molar-refractivity contribution in [3.8, 4) is 0 Å². The maximum atomic E-state index is 12.2. The van der Waals surface area contributed by atoms with Crippen LogP contribution in [0.15, 0.2) is 0 Å². The average Bonchev–Trinajstić information content (AvgIpc) is 2.81. The minimum atomic E-state index is -1.09. The van der Waals surface area contributed by atoms with Crippen LogP contribution < -0.4 is 0 Å². The first-order valence-corrected chi connectivity index (χ1v) is 10.1. The summed E-state index contributed by atoms with van der Waals surface area (Å²) in [6, 6.07) is 0. The lowest BCUT2D eigenvalue weighted by Gasteiger charge is -2.61. The fourth-order valence-corrected chi connectivity index (χ4v) is 7.83. The summed E-state index contributed by atoms with van der Waals surface area (Å²) >= 11 is 0. The second-order valence-corrected chi connectivity index (χ2v) is 10.00. The molecule has 4 rings (SSSR count). The molecule has 0 radical (unpaired) electrons. The molecule has 24 heavy (non-hydrogen) atoms. The standard InChI is InChI=1S/C21H34O3/c1-13(22)21(24)11-8-18-16-5-4-14-12-15(23)6-9-19(14,2)17(16)7-10-20(18,21)3/h14-18,23-24H,4-12H2,1-3H3/t14?,15?,16-,17+,18+,19+,20+,21?/m1/s1. The van der Waals surface area contributed by atoms with Gasteiger partial charge in [0.05, 0.1) is 6.10 Å². The summed E-state index contributed by atoms with van der Waals surface area (Å²) in [6.45, 7) is 6.26. The minimum Gasteiger partial charge on any atom is -0.393 e. The highest BCUT2D eigenvalue weighted by Gasteiger charge is 2.65. The van der Waals surface area contributed by atoms with Crippen LogP contribution in [0, 0.1) is 34.5 Å². The van der Waals surface area contributed by atoms with Crippen LogP contribution in [0.4, 0.5) is 0 Å². The molecule has 0 bridgehead atoms. The summed E-state index contributed by atoms with van der Waals surface area (Å²) in [7, 11) is 0. The molecule has 0 aromatic rings. The van der Waals surface area contributed by atoms with Gasteiger partial charge in [-0.25, -0.2) is 0 Å². The fourth-order valence-electron chi connectivity index (χ4n) is 7.83. The van der Waals surface area contributed by atoms with Crippen molar-refractivity contribution < 1.29 is 15.0 Å². The van der Waals surface area contributed by atoms with E-state index in [4.69, 9.17) is 0 Å². The van der Waals surface area contributed by atoms with E-state index < -0.39 is 5.60 Å². The Hall–Kier alpha value is -0.410. The van der Waals surface area contributed by atoms with Gasteiger partial charge < -0.3 is 10.2 Å². The number of hydrogen-bond donors (Lipinski definition) is 2. The quantitative estimate of drug-likeness (QED) is 0.768. The largest absolute Gasteiger partial charge is 0.393 e. The molecule has 4 fully saturated rings. The third-order valence-electron chi connectivity index (χ3n) is 9.37. The van der Waals surface area contributed by atoms with Gasteiger partial charge in [0.1, 0.15) is 5.60 Å². The van der Waals surface area contributed by atoms with Crippen LogP contribution >= 0.6 is 0 Å². The Kier molecular flexibility index (Phi) is 3.76. The van der Waals surface area contributed by atoms with Gasteiger partial charge in [-0.1, -0.05) is 13.8 Å². The Morgan fingerprint density at radius 2 is 1.67 bits per heavy atom. The number of carbonyl (C=O) groups excluding carboxylic acids is 1. The molecule has 0 aromatic heterocycles. The average molecular weight is 335 g/mol. The van der Waals surface area contributed by atoms with E-state index in [9.17, 15) is 15.0 Å². The van der Waals surface area contributed by atoms with Crippen LogP contribution in [0.25, 0.3) is 0 Å². The van der Waals surface area contributed by atoms with Gasteiger partial charge in [-0.05, 0) is 93.8 Å². The highest BCUT2D eigenvalue weighted by molar-refractivity contribution is 5.86. The van der Waals surface area contributed by atoms with Crippen LogP contribution in [-0.4, -0.2) is 27.7 Å². The maximum Gasteiger partial charge on any atom is 0.161 e. The van der Waals surface area contributed by atoms with Crippen molar-refractivity contribution in [3.63, 3.8) is 0 Å². The molecule has 0 aliphatic heterocycles. The lowest BCUT2D eigenvalue weighted by molar-refractivity contribution is -0.170. The number of hydrogen-bond acceptors (Lipinski definition) is 3. The summed E-state index contributed by atoms with van der Waals surface area (Å²) in [5.74, 6) is 2.52. The highest BCUT2D eigenvalue weighted by Crippen LogP contribution is 2.68. The van der Waals surface area contributed by atoms with E-state index in [2.05, 4.69) is 13.8 Å². The van der Waals surface area contributed by atoms with Gasteiger partial charge in [-0.15, -0.1) is 0 Å².